The molecule has 5 heteroatoms. The van der Waals surface area contributed by atoms with Gasteiger partial charge in [-0.15, -0.1) is 0 Å². The van der Waals surface area contributed by atoms with Gasteiger partial charge in [-0.1, -0.05) is 12.1 Å². The highest BCUT2D eigenvalue weighted by atomic mass is 16.5. The maximum Gasteiger partial charge on any atom is 0.255 e. The highest BCUT2D eigenvalue weighted by molar-refractivity contribution is 6.05. The number of aryl methyl sites for hydroxylation is 1. The van der Waals surface area contributed by atoms with Crippen molar-refractivity contribution >= 4 is 23.2 Å². The Balaban J connectivity index is 1.63. The lowest BCUT2D eigenvalue weighted by atomic mass is 10.0. The second kappa shape index (κ2) is 7.49. The van der Waals surface area contributed by atoms with Crippen LogP contribution in [0.4, 0.5) is 11.4 Å². The SMILES string of the molecule is Cc1cccc(C(=O)Nc2ccc(NC(=O)[C@@H]3CCCO3)cc2)c1C. The van der Waals surface area contributed by atoms with Crippen LogP contribution in [0.2, 0.25) is 0 Å². The lowest BCUT2D eigenvalue weighted by molar-refractivity contribution is -0.124. The summed E-state index contributed by atoms with van der Waals surface area (Å²) in [5.41, 5.74) is 4.09. The van der Waals surface area contributed by atoms with E-state index in [2.05, 4.69) is 10.6 Å². The van der Waals surface area contributed by atoms with Gasteiger partial charge in [0, 0.05) is 23.5 Å². The Bertz CT molecular complexity index is 778. The van der Waals surface area contributed by atoms with Gasteiger partial charge in [0.1, 0.15) is 6.10 Å². The largest absolute Gasteiger partial charge is 0.368 e. The van der Waals surface area contributed by atoms with Crippen LogP contribution in [0.15, 0.2) is 42.5 Å². The molecule has 2 amide bonds. The van der Waals surface area contributed by atoms with Gasteiger partial charge in [-0.05, 0) is 68.1 Å². The van der Waals surface area contributed by atoms with E-state index in [1.54, 1.807) is 24.3 Å². The molecule has 1 fully saturated rings. The number of hydrogen-bond donors (Lipinski definition) is 2. The molecule has 1 heterocycles. The number of carbonyl (C=O) groups excluding carboxylic acids is 2. The van der Waals surface area contributed by atoms with Crippen LogP contribution in [0.1, 0.15) is 34.3 Å². The van der Waals surface area contributed by atoms with Crippen LogP contribution < -0.4 is 10.6 Å². The molecule has 5 nitrogen and oxygen atoms in total. The van der Waals surface area contributed by atoms with Crippen LogP contribution in [0.5, 0.6) is 0 Å². The second-order valence-electron chi connectivity index (χ2n) is 6.27. The minimum absolute atomic E-state index is 0.121. The summed E-state index contributed by atoms with van der Waals surface area (Å²) in [7, 11) is 0. The summed E-state index contributed by atoms with van der Waals surface area (Å²) >= 11 is 0. The topological polar surface area (TPSA) is 67.4 Å². The van der Waals surface area contributed by atoms with Crippen LogP contribution in [0.25, 0.3) is 0 Å². The fourth-order valence-corrected chi connectivity index (χ4v) is 2.84. The fourth-order valence-electron chi connectivity index (χ4n) is 2.84. The van der Waals surface area contributed by atoms with Crippen LogP contribution in [0, 0.1) is 13.8 Å². The van der Waals surface area contributed by atoms with Crippen LogP contribution in [-0.2, 0) is 9.53 Å². The third kappa shape index (κ3) is 4.06. The maximum absolute atomic E-state index is 12.4. The summed E-state index contributed by atoms with van der Waals surface area (Å²) < 4.78 is 5.36. The summed E-state index contributed by atoms with van der Waals surface area (Å²) in [6.45, 7) is 4.56. The first-order valence-electron chi connectivity index (χ1n) is 8.44. The van der Waals surface area contributed by atoms with E-state index in [1.807, 2.05) is 32.0 Å². The zero-order valence-corrected chi connectivity index (χ0v) is 14.5. The van der Waals surface area contributed by atoms with Crippen molar-refractivity contribution in [3.05, 3.63) is 59.2 Å². The van der Waals surface area contributed by atoms with Gasteiger partial charge in [-0.2, -0.15) is 0 Å². The van der Waals surface area contributed by atoms with Crippen molar-refractivity contribution in [3.8, 4) is 0 Å². The summed E-state index contributed by atoms with van der Waals surface area (Å²) in [5, 5.41) is 5.72. The number of benzene rings is 2. The van der Waals surface area contributed by atoms with Gasteiger partial charge in [-0.25, -0.2) is 0 Å². The molecule has 2 N–H and O–H groups in total. The van der Waals surface area contributed by atoms with Crippen LogP contribution >= 0.6 is 0 Å². The Labute approximate surface area is 147 Å². The number of rotatable bonds is 4. The van der Waals surface area contributed by atoms with Gasteiger partial charge in [0.15, 0.2) is 0 Å². The first-order valence-corrected chi connectivity index (χ1v) is 8.44. The number of amides is 2. The molecule has 1 aliphatic rings. The molecule has 0 bridgehead atoms. The zero-order valence-electron chi connectivity index (χ0n) is 14.5. The average Bonchev–Trinajstić information content (AvgIpc) is 3.14. The van der Waals surface area contributed by atoms with Crippen LogP contribution in [-0.4, -0.2) is 24.5 Å². The summed E-state index contributed by atoms with van der Waals surface area (Å²) in [5.74, 6) is -0.262. The van der Waals surface area contributed by atoms with E-state index in [0.29, 0.717) is 23.5 Å². The molecule has 1 saturated heterocycles. The molecule has 1 atom stereocenters. The summed E-state index contributed by atoms with van der Waals surface area (Å²) in [4.78, 5) is 24.5. The van der Waals surface area contributed by atoms with Crippen molar-refractivity contribution in [2.24, 2.45) is 0 Å². The number of ether oxygens (including phenoxy) is 1. The van der Waals surface area contributed by atoms with Crippen molar-refractivity contribution in [2.75, 3.05) is 17.2 Å². The van der Waals surface area contributed by atoms with Crippen molar-refractivity contribution in [2.45, 2.75) is 32.8 Å². The van der Waals surface area contributed by atoms with E-state index in [1.165, 1.54) is 0 Å². The number of anilines is 2. The lowest BCUT2D eigenvalue weighted by Crippen LogP contribution is -2.26. The first kappa shape index (κ1) is 17.2. The van der Waals surface area contributed by atoms with Crippen molar-refractivity contribution in [3.63, 3.8) is 0 Å². The molecule has 2 aromatic rings. The highest BCUT2D eigenvalue weighted by Crippen LogP contribution is 2.19. The standard InChI is InChI=1S/C20H22N2O3/c1-13-5-3-6-17(14(13)2)19(23)21-15-8-10-16(11-9-15)22-20(24)18-7-4-12-25-18/h3,5-6,8-11,18H,4,7,12H2,1-2H3,(H,21,23)(H,22,24)/t18-/m0/s1. The smallest absolute Gasteiger partial charge is 0.255 e. The number of carbonyl (C=O) groups is 2. The molecule has 0 aromatic heterocycles. The molecule has 1 aliphatic heterocycles. The minimum atomic E-state index is -0.358. The Morgan fingerprint density at radius 3 is 2.32 bits per heavy atom. The van der Waals surface area contributed by atoms with E-state index < -0.39 is 0 Å². The second-order valence-corrected chi connectivity index (χ2v) is 6.27. The third-order valence-electron chi connectivity index (χ3n) is 4.48. The molecule has 0 saturated carbocycles. The first-order chi connectivity index (χ1) is 12.0. The monoisotopic (exact) mass is 338 g/mol. The molecule has 130 valence electrons. The number of hydrogen-bond acceptors (Lipinski definition) is 3. The average molecular weight is 338 g/mol. The Kier molecular flexibility index (Phi) is 5.14. The Hall–Kier alpha value is -2.66. The van der Waals surface area contributed by atoms with Crippen LogP contribution in [0.3, 0.4) is 0 Å². The molecular weight excluding hydrogens is 316 g/mol. The van der Waals surface area contributed by atoms with Gasteiger partial charge in [0.25, 0.3) is 11.8 Å². The third-order valence-corrected chi connectivity index (χ3v) is 4.48. The fraction of sp³-hybridized carbons (Fsp3) is 0.300. The van der Waals surface area contributed by atoms with Gasteiger partial charge < -0.3 is 15.4 Å². The summed E-state index contributed by atoms with van der Waals surface area (Å²) in [6.07, 6.45) is 1.32. The summed E-state index contributed by atoms with van der Waals surface area (Å²) in [6, 6.07) is 12.8. The molecule has 0 radical (unpaired) electrons. The van der Waals surface area contributed by atoms with E-state index in [4.69, 9.17) is 4.74 Å². The van der Waals surface area contributed by atoms with E-state index in [9.17, 15) is 9.59 Å². The molecule has 25 heavy (non-hydrogen) atoms. The van der Waals surface area contributed by atoms with Gasteiger partial charge in [0.2, 0.25) is 0 Å². The quantitative estimate of drug-likeness (QED) is 0.894. The maximum atomic E-state index is 12.4. The molecule has 3 rings (SSSR count). The van der Waals surface area contributed by atoms with Crippen molar-refractivity contribution in [1.29, 1.82) is 0 Å². The van der Waals surface area contributed by atoms with Crippen molar-refractivity contribution < 1.29 is 14.3 Å². The van der Waals surface area contributed by atoms with E-state index in [-0.39, 0.29) is 17.9 Å². The van der Waals surface area contributed by atoms with E-state index >= 15 is 0 Å². The molecule has 0 spiro atoms. The zero-order chi connectivity index (χ0) is 17.8. The predicted octanol–water partition coefficient (Wildman–Crippen LogP) is 3.67. The van der Waals surface area contributed by atoms with Gasteiger partial charge in [-0.3, -0.25) is 9.59 Å². The highest BCUT2D eigenvalue weighted by Gasteiger charge is 2.23. The normalized spacial score (nSPS) is 16.5. The molecular formula is C20H22N2O3. The van der Waals surface area contributed by atoms with Crippen molar-refractivity contribution in [1.82, 2.24) is 0 Å². The molecule has 0 aliphatic carbocycles. The Morgan fingerprint density at radius 1 is 1.00 bits per heavy atom. The molecule has 0 unspecified atom stereocenters. The van der Waals surface area contributed by atoms with Gasteiger partial charge in [0.05, 0.1) is 0 Å². The molecule has 2 aromatic carbocycles. The van der Waals surface area contributed by atoms with Gasteiger partial charge >= 0.3 is 0 Å². The predicted molar refractivity (Wildman–Crippen MR) is 97.9 cm³/mol. The van der Waals surface area contributed by atoms with E-state index in [0.717, 1.165) is 24.0 Å². The number of nitrogens with one attached hydrogen (secondary N) is 2. The Morgan fingerprint density at radius 2 is 1.68 bits per heavy atom. The lowest BCUT2D eigenvalue weighted by Gasteiger charge is -2.12. The minimum Gasteiger partial charge on any atom is -0.368 e.